The molecule has 8 nitrogen and oxygen atoms in total. The molecule has 1 aliphatic rings. The highest BCUT2D eigenvalue weighted by atomic mass is 16.5. The van der Waals surface area contributed by atoms with Gasteiger partial charge in [-0.3, -0.25) is 4.79 Å². The normalized spacial score (nSPS) is 14.8. The fourth-order valence-electron chi connectivity index (χ4n) is 4.84. The van der Waals surface area contributed by atoms with Crippen molar-refractivity contribution in [3.63, 3.8) is 0 Å². The average molecular weight is 583 g/mol. The molecule has 0 saturated heterocycles. The molecule has 1 heterocycles. The molecule has 1 amide bonds. The summed E-state index contributed by atoms with van der Waals surface area (Å²) >= 11 is 0. The summed E-state index contributed by atoms with van der Waals surface area (Å²) < 4.78 is 6.87. The van der Waals surface area contributed by atoms with Gasteiger partial charge in [0.2, 0.25) is 6.41 Å². The van der Waals surface area contributed by atoms with E-state index in [0.717, 1.165) is 66.5 Å². The summed E-state index contributed by atoms with van der Waals surface area (Å²) in [7, 11) is 3.59. The molecule has 0 spiro atoms. The Morgan fingerprint density at radius 3 is 2.09 bits per heavy atom. The van der Waals surface area contributed by atoms with Gasteiger partial charge < -0.3 is 20.5 Å². The number of aromatic nitrogens is 2. The lowest BCUT2D eigenvalue weighted by Gasteiger charge is -2.09. The van der Waals surface area contributed by atoms with Crippen LogP contribution in [0.5, 0.6) is 0 Å². The van der Waals surface area contributed by atoms with E-state index in [1.165, 1.54) is 6.42 Å². The zero-order valence-electron chi connectivity index (χ0n) is 25.1. The summed E-state index contributed by atoms with van der Waals surface area (Å²) in [5.74, 6) is 0.731. The number of ether oxygens (including phenoxy) is 1. The maximum absolute atomic E-state index is 11.0. The number of methoxy groups -OCH3 is 1. The van der Waals surface area contributed by atoms with E-state index in [9.17, 15) is 9.59 Å². The molecule has 0 aliphatic heterocycles. The topological polar surface area (TPSA) is 105 Å². The van der Waals surface area contributed by atoms with Crippen LogP contribution in [0.3, 0.4) is 0 Å². The van der Waals surface area contributed by atoms with Crippen molar-refractivity contribution >= 4 is 18.2 Å². The number of carbonyl (C=O) groups is 2. The molecule has 1 aromatic heterocycles. The lowest BCUT2D eigenvalue weighted by Crippen LogP contribution is -2.24. The minimum absolute atomic E-state index is 0.266. The smallest absolute Gasteiger partial charge is 0.335 e. The summed E-state index contributed by atoms with van der Waals surface area (Å²) in [6.45, 7) is 2.84. The van der Waals surface area contributed by atoms with Crippen molar-refractivity contribution in [1.82, 2.24) is 15.1 Å². The largest absolute Gasteiger partial charge is 0.478 e. The molecule has 1 unspecified atom stereocenters. The Balaban J connectivity index is 0.000000267. The first-order valence-electron chi connectivity index (χ1n) is 14.2. The number of terminal acetylenes is 1. The Morgan fingerprint density at radius 2 is 1.58 bits per heavy atom. The minimum Gasteiger partial charge on any atom is -0.478 e. The van der Waals surface area contributed by atoms with Crippen LogP contribution in [0.15, 0.2) is 91.0 Å². The van der Waals surface area contributed by atoms with Crippen molar-refractivity contribution < 1.29 is 19.4 Å². The van der Waals surface area contributed by atoms with Gasteiger partial charge in [-0.1, -0.05) is 66.7 Å². The number of rotatable bonds is 9. The van der Waals surface area contributed by atoms with E-state index in [1.54, 1.807) is 31.4 Å². The van der Waals surface area contributed by atoms with Crippen molar-refractivity contribution in [2.75, 3.05) is 26.1 Å². The second-order valence-corrected chi connectivity index (χ2v) is 9.80. The van der Waals surface area contributed by atoms with Gasteiger partial charge in [-0.15, -0.1) is 12.8 Å². The zero-order valence-corrected chi connectivity index (χ0v) is 25.1. The molecule has 1 saturated carbocycles. The molecule has 43 heavy (non-hydrogen) atoms. The molecule has 4 aromatic rings. The maximum atomic E-state index is 11.0. The van der Waals surface area contributed by atoms with Gasteiger partial charge in [0.1, 0.15) is 5.82 Å². The van der Waals surface area contributed by atoms with Crippen molar-refractivity contribution in [3.05, 3.63) is 102 Å². The summed E-state index contributed by atoms with van der Waals surface area (Å²) in [5, 5.41) is 19.7. The van der Waals surface area contributed by atoms with E-state index in [1.807, 2.05) is 85.4 Å². The number of carboxylic acid groups (broad SMARTS) is 1. The number of hydrogen-bond acceptors (Lipinski definition) is 5. The van der Waals surface area contributed by atoms with Crippen LogP contribution in [-0.4, -0.2) is 54.1 Å². The number of nitrogens with zero attached hydrogens (tertiary/aromatic N) is 2. The number of nitrogens with one attached hydrogen (secondary N) is 2. The minimum atomic E-state index is -0.931. The molecule has 5 rings (SSSR count). The van der Waals surface area contributed by atoms with Crippen molar-refractivity contribution in [3.8, 4) is 29.8 Å². The number of hydrogen-bond donors (Lipinski definition) is 3. The molecule has 1 aliphatic carbocycles. The maximum Gasteiger partial charge on any atom is 0.335 e. The highest BCUT2D eigenvalue weighted by Gasteiger charge is 2.23. The Morgan fingerprint density at radius 1 is 1.00 bits per heavy atom. The molecular weight excluding hydrogens is 540 g/mol. The monoisotopic (exact) mass is 582 g/mol. The second kappa shape index (κ2) is 19.3. The first-order valence-corrected chi connectivity index (χ1v) is 14.2. The highest BCUT2D eigenvalue weighted by Crippen LogP contribution is 2.30. The van der Waals surface area contributed by atoms with Crippen LogP contribution >= 0.6 is 0 Å². The highest BCUT2D eigenvalue weighted by molar-refractivity contribution is 5.88. The molecule has 0 bridgehead atoms. The number of amides is 1. The first-order chi connectivity index (χ1) is 21.0. The third kappa shape index (κ3) is 10.8. The van der Waals surface area contributed by atoms with Crippen LogP contribution in [0.1, 0.15) is 41.6 Å². The van der Waals surface area contributed by atoms with Crippen LogP contribution in [0.2, 0.25) is 0 Å². The van der Waals surface area contributed by atoms with Gasteiger partial charge in [0.25, 0.3) is 0 Å². The Bertz CT molecular complexity index is 1340. The average Bonchev–Trinajstić information content (AvgIpc) is 3.66. The Kier molecular flexibility index (Phi) is 15.4. The van der Waals surface area contributed by atoms with Gasteiger partial charge in [0.05, 0.1) is 16.9 Å². The molecule has 226 valence electrons. The quantitative estimate of drug-likeness (QED) is 0.155. The van der Waals surface area contributed by atoms with Crippen LogP contribution in [0, 0.1) is 25.7 Å². The third-order valence-corrected chi connectivity index (χ3v) is 7.01. The molecule has 8 heteroatoms. The summed E-state index contributed by atoms with van der Waals surface area (Å²) in [6.07, 6.45) is 13.4. The van der Waals surface area contributed by atoms with Gasteiger partial charge in [-0.05, 0) is 62.8 Å². The van der Waals surface area contributed by atoms with Gasteiger partial charge in [0, 0.05) is 37.9 Å². The molecule has 3 aromatic carbocycles. The van der Waals surface area contributed by atoms with Crippen LogP contribution < -0.4 is 10.6 Å². The van der Waals surface area contributed by atoms with E-state index in [4.69, 9.17) is 14.9 Å². The Labute approximate surface area is 255 Å². The summed E-state index contributed by atoms with van der Waals surface area (Å²) in [4.78, 5) is 21.1. The fourth-order valence-corrected chi connectivity index (χ4v) is 4.84. The molecule has 2 atom stereocenters. The molecule has 1 fully saturated rings. The number of aromatic carboxylic acids is 1. The van der Waals surface area contributed by atoms with Crippen molar-refractivity contribution in [1.29, 1.82) is 0 Å². The number of benzene rings is 3. The number of carbonyl (C=O) groups excluding carboxylic acids is 1. The molecule has 0 radical (unpaired) electrons. The number of carboxylic acids is 1. The van der Waals surface area contributed by atoms with Gasteiger partial charge in [-0.2, -0.15) is 5.10 Å². The van der Waals surface area contributed by atoms with E-state index in [2.05, 4.69) is 23.5 Å². The number of anilines is 1. The van der Waals surface area contributed by atoms with E-state index >= 15 is 0 Å². The fraction of sp³-hybridized carbons (Fsp3) is 0.286. The standard InChI is InChI=1S/C18H17N3O2.C9H17NO2.C6H6.C2H2/c1-12-16(13-8-10-14(11-9-13)18(22)23)20-21(17(12)19-2)15-6-4-3-5-7-15;1-12-5-4-8-2-3-9(6-8)10-7-11;1-2-4-6-5-3-1;1-2/h3-11,19H,1-2H3,(H,22,23);7-9H,2-6H2,1H3,(H,10,11);1-6H;1-2H/t;8?,9-;;/m.0../s1. The zero-order chi connectivity index (χ0) is 31.5. The van der Waals surface area contributed by atoms with Gasteiger partial charge in [-0.25, -0.2) is 9.48 Å². The molecular formula is C35H42N4O4. The summed E-state index contributed by atoms with van der Waals surface area (Å²) in [5.41, 5.74) is 3.96. The van der Waals surface area contributed by atoms with E-state index in [-0.39, 0.29) is 5.56 Å². The second-order valence-electron chi connectivity index (χ2n) is 9.80. The van der Waals surface area contributed by atoms with Crippen molar-refractivity contribution in [2.45, 2.75) is 38.6 Å². The predicted octanol–water partition coefficient (Wildman–Crippen LogP) is 6.46. The molecule has 3 N–H and O–H groups in total. The van der Waals surface area contributed by atoms with Crippen molar-refractivity contribution in [2.24, 2.45) is 5.92 Å². The van der Waals surface area contributed by atoms with E-state index in [0.29, 0.717) is 6.04 Å². The van der Waals surface area contributed by atoms with Crippen LogP contribution in [-0.2, 0) is 9.53 Å². The lowest BCUT2D eigenvalue weighted by atomic mass is 10.0. The predicted molar refractivity (Wildman–Crippen MR) is 173 cm³/mol. The first kappa shape index (κ1) is 34.3. The number of para-hydroxylation sites is 1. The van der Waals surface area contributed by atoms with E-state index < -0.39 is 5.97 Å². The van der Waals surface area contributed by atoms with Crippen LogP contribution in [0.25, 0.3) is 16.9 Å². The van der Waals surface area contributed by atoms with Crippen LogP contribution in [0.4, 0.5) is 5.82 Å². The lowest BCUT2D eigenvalue weighted by molar-refractivity contribution is -0.110. The Hall–Kier alpha value is -4.87. The van der Waals surface area contributed by atoms with Gasteiger partial charge >= 0.3 is 5.97 Å². The third-order valence-electron chi connectivity index (χ3n) is 7.01. The summed E-state index contributed by atoms with van der Waals surface area (Å²) in [6, 6.07) is 29.1. The van der Waals surface area contributed by atoms with Gasteiger partial charge in [0.15, 0.2) is 0 Å². The SMILES string of the molecule is C#C.CNc1c(C)c(-c2ccc(C(=O)O)cc2)nn1-c1ccccc1.COCCC1CC[C@H](NC=O)C1.c1ccccc1.